The van der Waals surface area contributed by atoms with Gasteiger partial charge in [0, 0.05) is 27.9 Å². The molecule has 4 aromatic rings. The minimum Gasteiger partial charge on any atom is -0.394 e. The van der Waals surface area contributed by atoms with Crippen LogP contribution in [0.5, 0.6) is 0 Å². The molecule has 3 N–H and O–H groups in total. The number of benzene rings is 2. The van der Waals surface area contributed by atoms with Crippen LogP contribution >= 0.6 is 22.6 Å². The minimum atomic E-state index is -0.529. The van der Waals surface area contributed by atoms with Crippen LogP contribution in [0.15, 0.2) is 67.0 Å². The Labute approximate surface area is 197 Å². The standard InChI is InChI=1S/C23H20FIN4O3/c24-18-12-16(25)6-7-19(18)27-21-17-13-26-9-8-20(17)29(14-15-4-2-1-3-5-15)22(21)23(31)28-32-11-10-30/h1-9,12-13,27,30H,10-11,14H2,(H,28,31). The van der Waals surface area contributed by atoms with Crippen molar-refractivity contribution < 1.29 is 19.1 Å². The van der Waals surface area contributed by atoms with Gasteiger partial charge in [0.05, 0.1) is 30.1 Å². The molecule has 0 fully saturated rings. The maximum absolute atomic E-state index is 14.6. The third-order valence-corrected chi connectivity index (χ3v) is 5.48. The highest BCUT2D eigenvalue weighted by Gasteiger charge is 2.24. The number of hydrogen-bond acceptors (Lipinski definition) is 5. The van der Waals surface area contributed by atoms with Crippen LogP contribution in [-0.2, 0) is 11.4 Å². The third kappa shape index (κ3) is 4.74. The van der Waals surface area contributed by atoms with Crippen LogP contribution in [0, 0.1) is 9.39 Å². The second kappa shape index (κ2) is 10.1. The van der Waals surface area contributed by atoms with Crippen LogP contribution < -0.4 is 10.8 Å². The highest BCUT2D eigenvalue weighted by molar-refractivity contribution is 14.1. The van der Waals surface area contributed by atoms with E-state index in [1.54, 1.807) is 30.6 Å². The Hall–Kier alpha value is -3.02. The zero-order chi connectivity index (χ0) is 22.5. The fraction of sp³-hybridized carbons (Fsp3) is 0.130. The summed E-state index contributed by atoms with van der Waals surface area (Å²) >= 11 is 2.04. The van der Waals surface area contributed by atoms with Gasteiger partial charge in [0.1, 0.15) is 11.5 Å². The number of nitrogens with one attached hydrogen (secondary N) is 2. The summed E-state index contributed by atoms with van der Waals surface area (Å²) in [5.74, 6) is -0.966. The Morgan fingerprint density at radius 2 is 2.00 bits per heavy atom. The highest BCUT2D eigenvalue weighted by Crippen LogP contribution is 2.34. The fourth-order valence-corrected chi connectivity index (χ4v) is 3.88. The number of carbonyl (C=O) groups is 1. The van der Waals surface area contributed by atoms with Crippen LogP contribution in [0.3, 0.4) is 0 Å². The van der Waals surface area contributed by atoms with E-state index >= 15 is 0 Å². The van der Waals surface area contributed by atoms with Gasteiger partial charge in [0.15, 0.2) is 0 Å². The zero-order valence-corrected chi connectivity index (χ0v) is 19.0. The summed E-state index contributed by atoms with van der Waals surface area (Å²) in [6.07, 6.45) is 3.28. The Bertz CT molecular complexity index is 1250. The normalized spacial score (nSPS) is 11.0. The van der Waals surface area contributed by atoms with Gasteiger partial charge in [-0.15, -0.1) is 0 Å². The number of amides is 1. The smallest absolute Gasteiger partial charge is 0.293 e. The first-order valence-electron chi connectivity index (χ1n) is 9.83. The van der Waals surface area contributed by atoms with E-state index in [-0.39, 0.29) is 24.6 Å². The largest absolute Gasteiger partial charge is 0.394 e. The number of aliphatic hydroxyl groups excluding tert-OH is 1. The van der Waals surface area contributed by atoms with Crippen LogP contribution in [0.25, 0.3) is 10.9 Å². The summed E-state index contributed by atoms with van der Waals surface area (Å²) in [5, 5.41) is 12.7. The van der Waals surface area contributed by atoms with Crippen LogP contribution in [0.2, 0.25) is 0 Å². The van der Waals surface area contributed by atoms with Gasteiger partial charge in [-0.05, 0) is 52.4 Å². The molecule has 0 spiro atoms. The lowest BCUT2D eigenvalue weighted by molar-refractivity contribution is 0.0163. The molecule has 0 radical (unpaired) electrons. The second-order valence-corrected chi connectivity index (χ2v) is 8.19. The summed E-state index contributed by atoms with van der Waals surface area (Å²) in [6.45, 7) is 0.109. The number of halogens is 2. The number of rotatable bonds is 8. The van der Waals surface area contributed by atoms with Crippen molar-refractivity contribution in [2.24, 2.45) is 0 Å². The van der Waals surface area contributed by atoms with Crippen molar-refractivity contribution in [3.05, 3.63) is 87.6 Å². The first-order valence-corrected chi connectivity index (χ1v) is 10.9. The van der Waals surface area contributed by atoms with E-state index in [2.05, 4.69) is 15.8 Å². The van der Waals surface area contributed by atoms with Gasteiger partial charge in [-0.2, -0.15) is 0 Å². The van der Waals surface area contributed by atoms with E-state index in [0.29, 0.717) is 17.6 Å². The molecule has 32 heavy (non-hydrogen) atoms. The third-order valence-electron chi connectivity index (χ3n) is 4.81. The molecule has 0 saturated carbocycles. The Morgan fingerprint density at radius 3 is 2.75 bits per heavy atom. The lowest BCUT2D eigenvalue weighted by Crippen LogP contribution is -2.28. The molecule has 2 aromatic heterocycles. The predicted octanol–water partition coefficient (Wildman–Crippen LogP) is 4.23. The predicted molar refractivity (Wildman–Crippen MR) is 128 cm³/mol. The van der Waals surface area contributed by atoms with E-state index in [0.717, 1.165) is 14.7 Å². The minimum absolute atomic E-state index is 0.0548. The molecule has 164 valence electrons. The van der Waals surface area contributed by atoms with Crippen molar-refractivity contribution in [3.63, 3.8) is 0 Å². The number of aromatic nitrogens is 2. The molecule has 0 aliphatic rings. The summed E-state index contributed by atoms with van der Waals surface area (Å²) in [4.78, 5) is 22.4. The summed E-state index contributed by atoms with van der Waals surface area (Å²) < 4.78 is 17.2. The average molecular weight is 546 g/mol. The van der Waals surface area contributed by atoms with Gasteiger partial charge in [-0.25, -0.2) is 9.87 Å². The molecule has 0 aliphatic heterocycles. The maximum Gasteiger partial charge on any atom is 0.293 e. The van der Waals surface area contributed by atoms with Crippen molar-refractivity contribution in [1.82, 2.24) is 15.0 Å². The molecule has 7 nitrogen and oxygen atoms in total. The summed E-state index contributed by atoms with van der Waals surface area (Å²) in [5.41, 5.74) is 5.00. The van der Waals surface area contributed by atoms with Gasteiger partial charge in [-0.3, -0.25) is 14.6 Å². The first kappa shape index (κ1) is 22.2. The summed E-state index contributed by atoms with van der Waals surface area (Å²) in [7, 11) is 0. The molecular weight excluding hydrogens is 526 g/mol. The van der Waals surface area contributed by atoms with Crippen molar-refractivity contribution in [2.45, 2.75) is 6.54 Å². The van der Waals surface area contributed by atoms with Gasteiger partial charge < -0.3 is 15.0 Å². The lowest BCUT2D eigenvalue weighted by Gasteiger charge is -2.14. The number of nitrogens with zero attached hydrogens (tertiary/aromatic N) is 2. The Balaban J connectivity index is 1.86. The molecule has 4 rings (SSSR count). The summed E-state index contributed by atoms with van der Waals surface area (Å²) in [6, 6.07) is 16.3. The lowest BCUT2D eigenvalue weighted by atomic mass is 10.2. The van der Waals surface area contributed by atoms with Gasteiger partial charge >= 0.3 is 0 Å². The van der Waals surface area contributed by atoms with Crippen LogP contribution in [-0.4, -0.2) is 33.8 Å². The quantitative estimate of drug-likeness (QED) is 0.175. The van der Waals surface area contributed by atoms with Crippen molar-refractivity contribution in [1.29, 1.82) is 0 Å². The molecule has 0 unspecified atom stereocenters. The van der Waals surface area contributed by atoms with E-state index in [1.165, 1.54) is 6.07 Å². The second-order valence-electron chi connectivity index (χ2n) is 6.94. The zero-order valence-electron chi connectivity index (χ0n) is 16.9. The molecule has 2 heterocycles. The van der Waals surface area contributed by atoms with E-state index < -0.39 is 11.7 Å². The topological polar surface area (TPSA) is 88.4 Å². The molecule has 0 bridgehead atoms. The number of hydroxylamine groups is 1. The monoisotopic (exact) mass is 546 g/mol. The Morgan fingerprint density at radius 1 is 1.19 bits per heavy atom. The van der Waals surface area contributed by atoms with Gasteiger partial charge in [-0.1, -0.05) is 30.3 Å². The number of hydrogen-bond donors (Lipinski definition) is 3. The van der Waals surface area contributed by atoms with E-state index in [4.69, 9.17) is 9.94 Å². The average Bonchev–Trinajstić information content (AvgIpc) is 3.10. The molecule has 9 heteroatoms. The van der Waals surface area contributed by atoms with Crippen molar-refractivity contribution >= 4 is 50.8 Å². The van der Waals surface area contributed by atoms with Crippen molar-refractivity contribution in [2.75, 3.05) is 18.5 Å². The number of carbonyl (C=O) groups excluding carboxylic acids is 1. The fourth-order valence-electron chi connectivity index (χ4n) is 3.43. The van der Waals surface area contributed by atoms with Crippen LogP contribution in [0.4, 0.5) is 15.8 Å². The maximum atomic E-state index is 14.6. The SMILES string of the molecule is O=C(NOCCO)c1c(Nc2ccc(I)cc2F)c2cnccc2n1Cc1ccccc1. The van der Waals surface area contributed by atoms with Gasteiger partial charge in [0.2, 0.25) is 0 Å². The Kier molecular flexibility index (Phi) is 6.98. The molecular formula is C23H20FIN4O3. The number of aliphatic hydroxyl groups is 1. The highest BCUT2D eigenvalue weighted by atomic mass is 127. The molecule has 2 aromatic carbocycles. The molecule has 0 atom stereocenters. The van der Waals surface area contributed by atoms with Crippen LogP contribution in [0.1, 0.15) is 16.1 Å². The van der Waals surface area contributed by atoms with Crippen molar-refractivity contribution in [3.8, 4) is 0 Å². The molecule has 0 saturated heterocycles. The molecule has 1 amide bonds. The van der Waals surface area contributed by atoms with Gasteiger partial charge in [0.25, 0.3) is 5.91 Å². The number of pyridine rings is 1. The number of fused-ring (bicyclic) bond motifs is 1. The van der Waals surface area contributed by atoms with E-state index in [1.807, 2.05) is 57.5 Å². The first-order chi connectivity index (χ1) is 15.6. The molecule has 0 aliphatic carbocycles. The van der Waals surface area contributed by atoms with E-state index in [9.17, 15) is 9.18 Å². The number of anilines is 2.